The minimum Gasteiger partial charge on any atom is -0.311 e. The SMILES string of the molecule is CCC1CCN(C)CCC(C)N1. The molecule has 0 aromatic heterocycles. The zero-order valence-corrected chi connectivity index (χ0v) is 8.64. The molecule has 0 amide bonds. The third-order valence-corrected chi connectivity index (χ3v) is 2.82. The van der Waals surface area contributed by atoms with Crippen LogP contribution in [0.2, 0.25) is 0 Å². The fraction of sp³-hybridized carbons (Fsp3) is 1.00. The molecule has 12 heavy (non-hydrogen) atoms. The second-order valence-corrected chi connectivity index (χ2v) is 4.05. The minimum atomic E-state index is 0.692. The molecule has 2 heteroatoms. The van der Waals surface area contributed by atoms with Crippen molar-refractivity contribution in [3.63, 3.8) is 0 Å². The number of nitrogens with one attached hydrogen (secondary N) is 1. The summed E-state index contributed by atoms with van der Waals surface area (Å²) in [7, 11) is 2.23. The Morgan fingerprint density at radius 3 is 2.67 bits per heavy atom. The van der Waals surface area contributed by atoms with Crippen molar-refractivity contribution < 1.29 is 0 Å². The van der Waals surface area contributed by atoms with Crippen LogP contribution in [0.1, 0.15) is 33.1 Å². The van der Waals surface area contributed by atoms with Gasteiger partial charge in [0, 0.05) is 12.1 Å². The predicted molar refractivity (Wildman–Crippen MR) is 53.4 cm³/mol. The van der Waals surface area contributed by atoms with Crippen molar-refractivity contribution in [3.8, 4) is 0 Å². The summed E-state index contributed by atoms with van der Waals surface area (Å²) in [4.78, 5) is 2.44. The first kappa shape index (κ1) is 10.0. The molecule has 2 atom stereocenters. The lowest BCUT2D eigenvalue weighted by Gasteiger charge is -2.29. The van der Waals surface area contributed by atoms with Crippen molar-refractivity contribution in [3.05, 3.63) is 0 Å². The molecule has 0 aromatic carbocycles. The van der Waals surface area contributed by atoms with Gasteiger partial charge in [-0.1, -0.05) is 6.92 Å². The Hall–Kier alpha value is -0.0800. The van der Waals surface area contributed by atoms with Crippen LogP contribution in [-0.4, -0.2) is 37.1 Å². The highest BCUT2D eigenvalue weighted by Gasteiger charge is 2.14. The van der Waals surface area contributed by atoms with Gasteiger partial charge in [-0.3, -0.25) is 0 Å². The first-order valence-electron chi connectivity index (χ1n) is 5.17. The Morgan fingerprint density at radius 2 is 2.00 bits per heavy atom. The summed E-state index contributed by atoms with van der Waals surface area (Å²) in [6.07, 6.45) is 3.85. The van der Waals surface area contributed by atoms with Crippen LogP contribution in [0.15, 0.2) is 0 Å². The third kappa shape index (κ3) is 3.11. The van der Waals surface area contributed by atoms with Crippen LogP contribution >= 0.6 is 0 Å². The van der Waals surface area contributed by atoms with Crippen LogP contribution in [0.25, 0.3) is 0 Å². The van der Waals surface area contributed by atoms with Crippen LogP contribution in [0.3, 0.4) is 0 Å². The van der Waals surface area contributed by atoms with Crippen molar-refractivity contribution in [2.24, 2.45) is 0 Å². The molecular formula is C10H22N2. The minimum absolute atomic E-state index is 0.692. The molecule has 1 aliphatic heterocycles. The Balaban J connectivity index is 2.37. The molecule has 2 unspecified atom stereocenters. The summed E-state index contributed by atoms with van der Waals surface area (Å²) in [5, 5.41) is 3.66. The molecule has 2 nitrogen and oxygen atoms in total. The van der Waals surface area contributed by atoms with E-state index in [-0.39, 0.29) is 0 Å². The standard InChI is InChI=1S/C10H22N2/c1-4-10-6-8-12(3)7-5-9(2)11-10/h9-11H,4-8H2,1-3H3. The van der Waals surface area contributed by atoms with Gasteiger partial charge in [-0.05, 0) is 46.3 Å². The predicted octanol–water partition coefficient (Wildman–Crippen LogP) is 1.47. The molecule has 1 N–H and O–H groups in total. The van der Waals surface area contributed by atoms with Crippen molar-refractivity contribution >= 4 is 0 Å². The van der Waals surface area contributed by atoms with Gasteiger partial charge in [0.1, 0.15) is 0 Å². The monoisotopic (exact) mass is 170 g/mol. The van der Waals surface area contributed by atoms with Gasteiger partial charge >= 0.3 is 0 Å². The van der Waals surface area contributed by atoms with Gasteiger partial charge in [0.2, 0.25) is 0 Å². The quantitative estimate of drug-likeness (QED) is 0.641. The van der Waals surface area contributed by atoms with E-state index in [0.29, 0.717) is 6.04 Å². The van der Waals surface area contributed by atoms with Gasteiger partial charge in [0.25, 0.3) is 0 Å². The number of hydrogen-bond acceptors (Lipinski definition) is 2. The topological polar surface area (TPSA) is 15.3 Å². The lowest BCUT2D eigenvalue weighted by Crippen LogP contribution is -2.42. The second kappa shape index (κ2) is 4.83. The van der Waals surface area contributed by atoms with Crippen LogP contribution < -0.4 is 5.32 Å². The lowest BCUT2D eigenvalue weighted by molar-refractivity contribution is 0.247. The normalized spacial score (nSPS) is 34.2. The van der Waals surface area contributed by atoms with Crippen LogP contribution in [-0.2, 0) is 0 Å². The zero-order chi connectivity index (χ0) is 8.97. The molecule has 1 saturated heterocycles. The first-order valence-corrected chi connectivity index (χ1v) is 5.17. The van der Waals surface area contributed by atoms with Gasteiger partial charge < -0.3 is 10.2 Å². The first-order chi connectivity index (χ1) is 5.72. The molecule has 72 valence electrons. The average Bonchev–Trinajstić information content (AvgIpc) is 2.06. The molecule has 1 aliphatic rings. The van der Waals surface area contributed by atoms with Gasteiger partial charge in [-0.2, -0.15) is 0 Å². The number of nitrogens with zero attached hydrogens (tertiary/aromatic N) is 1. The van der Waals surface area contributed by atoms with Crippen molar-refractivity contribution in [2.75, 3.05) is 20.1 Å². The third-order valence-electron chi connectivity index (χ3n) is 2.82. The van der Waals surface area contributed by atoms with E-state index >= 15 is 0 Å². The summed E-state index contributed by atoms with van der Waals surface area (Å²) >= 11 is 0. The van der Waals surface area contributed by atoms with E-state index in [9.17, 15) is 0 Å². The van der Waals surface area contributed by atoms with E-state index in [1.165, 1.54) is 32.4 Å². The van der Waals surface area contributed by atoms with Gasteiger partial charge in [-0.25, -0.2) is 0 Å². The molecule has 1 fully saturated rings. The van der Waals surface area contributed by atoms with Crippen molar-refractivity contribution in [1.29, 1.82) is 0 Å². The molecule has 1 rings (SSSR count). The lowest BCUT2D eigenvalue weighted by atomic mass is 10.1. The maximum atomic E-state index is 3.66. The highest BCUT2D eigenvalue weighted by molar-refractivity contribution is 4.75. The van der Waals surface area contributed by atoms with Gasteiger partial charge in [-0.15, -0.1) is 0 Å². The van der Waals surface area contributed by atoms with Crippen molar-refractivity contribution in [1.82, 2.24) is 10.2 Å². The summed E-state index contributed by atoms with van der Waals surface area (Å²) in [5.74, 6) is 0. The number of rotatable bonds is 1. The fourth-order valence-electron chi connectivity index (χ4n) is 1.79. The van der Waals surface area contributed by atoms with Gasteiger partial charge in [0.15, 0.2) is 0 Å². The summed E-state index contributed by atoms with van der Waals surface area (Å²) < 4.78 is 0. The second-order valence-electron chi connectivity index (χ2n) is 4.05. The molecule has 0 bridgehead atoms. The van der Waals surface area contributed by atoms with Crippen molar-refractivity contribution in [2.45, 2.75) is 45.2 Å². The van der Waals surface area contributed by atoms with E-state index < -0.39 is 0 Å². The van der Waals surface area contributed by atoms with E-state index in [1.54, 1.807) is 0 Å². The van der Waals surface area contributed by atoms with Crippen LogP contribution in [0.4, 0.5) is 0 Å². The molecular weight excluding hydrogens is 148 g/mol. The van der Waals surface area contributed by atoms with Crippen LogP contribution in [0, 0.1) is 0 Å². The molecule has 0 spiro atoms. The summed E-state index contributed by atoms with van der Waals surface area (Å²) in [6, 6.07) is 1.43. The smallest absolute Gasteiger partial charge is 0.00790 e. The largest absolute Gasteiger partial charge is 0.311 e. The summed E-state index contributed by atoms with van der Waals surface area (Å²) in [6.45, 7) is 7.05. The highest BCUT2D eigenvalue weighted by Crippen LogP contribution is 2.07. The zero-order valence-electron chi connectivity index (χ0n) is 8.64. The molecule has 0 aliphatic carbocycles. The molecule has 0 aromatic rings. The van der Waals surface area contributed by atoms with E-state index in [2.05, 4.69) is 31.1 Å². The van der Waals surface area contributed by atoms with E-state index in [1.807, 2.05) is 0 Å². The van der Waals surface area contributed by atoms with Crippen LogP contribution in [0.5, 0.6) is 0 Å². The fourth-order valence-corrected chi connectivity index (χ4v) is 1.79. The average molecular weight is 170 g/mol. The number of hydrogen-bond donors (Lipinski definition) is 1. The Morgan fingerprint density at radius 1 is 1.33 bits per heavy atom. The van der Waals surface area contributed by atoms with E-state index in [4.69, 9.17) is 0 Å². The molecule has 1 heterocycles. The maximum absolute atomic E-state index is 3.66. The Bertz CT molecular complexity index is 125. The highest BCUT2D eigenvalue weighted by atomic mass is 15.1. The summed E-state index contributed by atoms with van der Waals surface area (Å²) in [5.41, 5.74) is 0. The Kier molecular flexibility index (Phi) is 4.02. The van der Waals surface area contributed by atoms with Gasteiger partial charge in [0.05, 0.1) is 0 Å². The molecule has 0 radical (unpaired) electrons. The van der Waals surface area contributed by atoms with E-state index in [0.717, 1.165) is 6.04 Å². The Labute approximate surface area is 76.3 Å². The maximum Gasteiger partial charge on any atom is 0.00790 e. The molecule has 0 saturated carbocycles.